The van der Waals surface area contributed by atoms with Crippen LogP contribution < -0.4 is 4.90 Å². The molecule has 2 aliphatic heterocycles. The number of amides is 2. The van der Waals surface area contributed by atoms with Crippen molar-refractivity contribution < 1.29 is 14.0 Å². The first-order valence-electron chi connectivity index (χ1n) is 11.0. The van der Waals surface area contributed by atoms with Gasteiger partial charge < -0.3 is 4.90 Å². The summed E-state index contributed by atoms with van der Waals surface area (Å²) < 4.78 is 14.0. The molecule has 0 saturated carbocycles. The molecule has 2 aromatic rings. The lowest BCUT2D eigenvalue weighted by Crippen LogP contribution is -2.30. The minimum Gasteiger partial charge on any atom is -0.342 e. The molecule has 3 heterocycles. The monoisotopic (exact) mass is 424 g/mol. The van der Waals surface area contributed by atoms with E-state index in [-0.39, 0.29) is 30.0 Å². The molecule has 0 bridgehead atoms. The Labute approximate surface area is 182 Å². The van der Waals surface area contributed by atoms with Crippen molar-refractivity contribution in [1.29, 1.82) is 0 Å². The van der Waals surface area contributed by atoms with Gasteiger partial charge in [-0.1, -0.05) is 32.0 Å². The van der Waals surface area contributed by atoms with Gasteiger partial charge in [0.25, 0.3) is 0 Å². The van der Waals surface area contributed by atoms with Crippen LogP contribution in [0.25, 0.3) is 0 Å². The van der Waals surface area contributed by atoms with Crippen LogP contribution >= 0.6 is 0 Å². The molecular weight excluding hydrogens is 395 g/mol. The van der Waals surface area contributed by atoms with Crippen molar-refractivity contribution in [3.63, 3.8) is 0 Å². The summed E-state index contributed by atoms with van der Waals surface area (Å²) in [6.45, 7) is 7.72. The smallest absolute Gasteiger partial charge is 0.232 e. The zero-order valence-electron chi connectivity index (χ0n) is 18.4. The Balaban J connectivity index is 1.52. The van der Waals surface area contributed by atoms with E-state index in [9.17, 15) is 14.0 Å². The Kier molecular flexibility index (Phi) is 6.03. The molecule has 31 heavy (non-hydrogen) atoms. The highest BCUT2D eigenvalue weighted by atomic mass is 19.1. The number of aromatic nitrogens is 2. The van der Waals surface area contributed by atoms with E-state index in [0.29, 0.717) is 55.6 Å². The van der Waals surface area contributed by atoms with Crippen molar-refractivity contribution in [2.75, 3.05) is 24.5 Å². The first-order chi connectivity index (χ1) is 14.8. The van der Waals surface area contributed by atoms with Crippen molar-refractivity contribution in [2.24, 2.45) is 5.92 Å². The van der Waals surface area contributed by atoms with E-state index in [1.807, 2.05) is 25.7 Å². The molecule has 7 heteroatoms. The van der Waals surface area contributed by atoms with Crippen molar-refractivity contribution in [1.82, 2.24) is 14.9 Å². The second kappa shape index (κ2) is 8.73. The molecule has 1 atom stereocenters. The third-order valence-electron chi connectivity index (χ3n) is 6.15. The number of likely N-dealkylation sites (tertiary alicyclic amines) is 1. The summed E-state index contributed by atoms with van der Waals surface area (Å²) in [4.78, 5) is 38.1. The quantitative estimate of drug-likeness (QED) is 0.713. The standard InChI is InChI=1S/C24H29FN4O2/c1-15(2)12-21(30)28-10-8-18(14-28)23-26-16(3)19-13-22(31)29(24(19)27-23)11-9-17-6-4-5-7-20(17)25/h4-7,15,18H,8-14H2,1-3H3/t18-/m1/s1. The van der Waals surface area contributed by atoms with Gasteiger partial charge in [-0.15, -0.1) is 0 Å². The number of anilines is 1. The molecule has 0 N–H and O–H groups in total. The molecule has 164 valence electrons. The van der Waals surface area contributed by atoms with Gasteiger partial charge in [-0.2, -0.15) is 0 Å². The number of hydrogen-bond acceptors (Lipinski definition) is 4. The number of hydrogen-bond donors (Lipinski definition) is 0. The zero-order valence-corrected chi connectivity index (χ0v) is 18.4. The number of benzene rings is 1. The van der Waals surface area contributed by atoms with Gasteiger partial charge >= 0.3 is 0 Å². The van der Waals surface area contributed by atoms with Gasteiger partial charge in [0, 0.05) is 43.2 Å². The van der Waals surface area contributed by atoms with Crippen LogP contribution in [0.5, 0.6) is 0 Å². The van der Waals surface area contributed by atoms with Crippen LogP contribution in [0.3, 0.4) is 0 Å². The number of aryl methyl sites for hydroxylation is 1. The summed E-state index contributed by atoms with van der Waals surface area (Å²) >= 11 is 0. The predicted molar refractivity (Wildman–Crippen MR) is 116 cm³/mol. The maximum atomic E-state index is 14.0. The van der Waals surface area contributed by atoms with Crippen LogP contribution in [0.4, 0.5) is 10.2 Å². The number of fused-ring (bicyclic) bond motifs is 1. The van der Waals surface area contributed by atoms with Crippen molar-refractivity contribution in [3.05, 3.63) is 52.7 Å². The van der Waals surface area contributed by atoms with Gasteiger partial charge in [0.2, 0.25) is 11.8 Å². The van der Waals surface area contributed by atoms with Gasteiger partial charge in [-0.3, -0.25) is 14.5 Å². The molecule has 4 rings (SSSR count). The van der Waals surface area contributed by atoms with Gasteiger partial charge in [-0.25, -0.2) is 14.4 Å². The zero-order chi connectivity index (χ0) is 22.1. The molecule has 1 aromatic carbocycles. The van der Waals surface area contributed by atoms with Crippen LogP contribution in [0.1, 0.15) is 55.3 Å². The average molecular weight is 425 g/mol. The molecule has 2 aliphatic rings. The van der Waals surface area contributed by atoms with Crippen LogP contribution in [0.2, 0.25) is 0 Å². The van der Waals surface area contributed by atoms with E-state index in [1.54, 1.807) is 23.1 Å². The molecule has 0 aliphatic carbocycles. The first-order valence-corrected chi connectivity index (χ1v) is 11.0. The van der Waals surface area contributed by atoms with Crippen molar-refractivity contribution in [3.8, 4) is 0 Å². The summed E-state index contributed by atoms with van der Waals surface area (Å²) in [6.07, 6.45) is 2.08. The lowest BCUT2D eigenvalue weighted by molar-refractivity contribution is -0.130. The minimum atomic E-state index is -0.258. The van der Waals surface area contributed by atoms with E-state index in [4.69, 9.17) is 9.97 Å². The highest BCUT2D eigenvalue weighted by Crippen LogP contribution is 2.33. The van der Waals surface area contributed by atoms with E-state index >= 15 is 0 Å². The molecule has 0 unspecified atom stereocenters. The normalized spacial score (nSPS) is 18.2. The van der Waals surface area contributed by atoms with E-state index < -0.39 is 0 Å². The second-order valence-electron chi connectivity index (χ2n) is 8.96. The molecule has 2 amide bonds. The Morgan fingerprint density at radius 1 is 1.26 bits per heavy atom. The number of nitrogens with zero attached hydrogens (tertiary/aromatic N) is 4. The second-order valence-corrected chi connectivity index (χ2v) is 8.96. The predicted octanol–water partition coefficient (Wildman–Crippen LogP) is 3.42. The molecular formula is C24H29FN4O2. The fourth-order valence-corrected chi connectivity index (χ4v) is 4.42. The topological polar surface area (TPSA) is 66.4 Å². The van der Waals surface area contributed by atoms with Crippen LogP contribution in [-0.4, -0.2) is 46.3 Å². The highest BCUT2D eigenvalue weighted by molar-refractivity contribution is 6.00. The largest absolute Gasteiger partial charge is 0.342 e. The third kappa shape index (κ3) is 4.45. The van der Waals surface area contributed by atoms with Crippen molar-refractivity contribution >= 4 is 17.6 Å². The summed E-state index contributed by atoms with van der Waals surface area (Å²) in [5.74, 6) is 1.64. The number of rotatable bonds is 6. The molecule has 1 saturated heterocycles. The average Bonchev–Trinajstić information content (AvgIpc) is 3.32. The summed E-state index contributed by atoms with van der Waals surface area (Å²) in [5.41, 5.74) is 2.26. The van der Waals surface area contributed by atoms with Gasteiger partial charge in [0.15, 0.2) is 0 Å². The molecule has 1 aromatic heterocycles. The molecule has 0 spiro atoms. The fourth-order valence-electron chi connectivity index (χ4n) is 4.42. The third-order valence-corrected chi connectivity index (χ3v) is 6.15. The van der Waals surface area contributed by atoms with E-state index in [0.717, 1.165) is 17.7 Å². The number of carbonyl (C=O) groups excluding carboxylic acids is 2. The summed E-state index contributed by atoms with van der Waals surface area (Å²) in [7, 11) is 0. The summed E-state index contributed by atoms with van der Waals surface area (Å²) in [6, 6.07) is 6.64. The number of carbonyl (C=O) groups is 2. The van der Waals surface area contributed by atoms with E-state index in [2.05, 4.69) is 0 Å². The van der Waals surface area contributed by atoms with Crippen molar-refractivity contribution in [2.45, 2.75) is 52.4 Å². The Bertz CT molecular complexity index is 1010. The summed E-state index contributed by atoms with van der Waals surface area (Å²) in [5, 5.41) is 0. The molecule has 0 radical (unpaired) electrons. The van der Waals surface area contributed by atoms with Crippen LogP contribution in [0.15, 0.2) is 24.3 Å². The molecule has 1 fully saturated rings. The maximum Gasteiger partial charge on any atom is 0.232 e. The fraction of sp³-hybridized carbons (Fsp3) is 0.500. The lowest BCUT2D eigenvalue weighted by atomic mass is 10.1. The van der Waals surface area contributed by atoms with Gasteiger partial charge in [0.1, 0.15) is 17.5 Å². The Morgan fingerprint density at radius 3 is 2.77 bits per heavy atom. The van der Waals surface area contributed by atoms with Gasteiger partial charge in [-0.05, 0) is 37.3 Å². The molecule has 6 nitrogen and oxygen atoms in total. The SMILES string of the molecule is Cc1nc([C@@H]2CCN(C(=O)CC(C)C)C2)nc2c1CC(=O)N2CCc1ccccc1F. The van der Waals surface area contributed by atoms with Crippen LogP contribution in [-0.2, 0) is 22.4 Å². The Morgan fingerprint density at radius 2 is 2.03 bits per heavy atom. The van der Waals surface area contributed by atoms with E-state index in [1.165, 1.54) is 6.07 Å². The highest BCUT2D eigenvalue weighted by Gasteiger charge is 2.34. The van der Waals surface area contributed by atoms with Gasteiger partial charge in [0.05, 0.1) is 6.42 Å². The maximum absolute atomic E-state index is 14.0. The lowest BCUT2D eigenvalue weighted by Gasteiger charge is -2.20. The number of halogens is 1. The van der Waals surface area contributed by atoms with Crippen LogP contribution in [0, 0.1) is 18.7 Å². The Hall–Kier alpha value is -2.83. The first kappa shape index (κ1) is 21.4. The minimum absolute atomic E-state index is 0.0268.